The predicted octanol–water partition coefficient (Wildman–Crippen LogP) is 4.21. The summed E-state index contributed by atoms with van der Waals surface area (Å²) in [5.41, 5.74) is 0. The van der Waals surface area contributed by atoms with Crippen LogP contribution in [0.25, 0.3) is 0 Å². The number of thioether (sulfide) groups is 1. The van der Waals surface area contributed by atoms with Gasteiger partial charge in [-0.3, -0.25) is 0 Å². The molecule has 0 fully saturated rings. The topological polar surface area (TPSA) is 12.0 Å². The minimum atomic E-state index is 0.446. The lowest BCUT2D eigenvalue weighted by atomic mass is 10.2. The van der Waals surface area contributed by atoms with Gasteiger partial charge in [-0.2, -0.15) is 0 Å². The Balaban J connectivity index is 2.46. The summed E-state index contributed by atoms with van der Waals surface area (Å²) in [6.07, 6.45) is 2.06. The Bertz CT molecular complexity index is 408. The zero-order valence-corrected chi connectivity index (χ0v) is 12.6. The van der Waals surface area contributed by atoms with Gasteiger partial charge in [-0.05, 0) is 38.1 Å². The standard InChI is InChI=1S/C15H20ClNS/c1-3-5-8-14(17-10-4-2)12-18-15-9-6-7-13(16)11-15/h6-7,9,11,14,17H,4,8,10,12H2,1-2H3. The Hall–Kier alpha value is -0.620. The van der Waals surface area contributed by atoms with Gasteiger partial charge < -0.3 is 5.32 Å². The van der Waals surface area contributed by atoms with E-state index in [2.05, 4.69) is 30.1 Å². The van der Waals surface area contributed by atoms with Crippen LogP contribution in [0.3, 0.4) is 0 Å². The third kappa shape index (κ3) is 6.35. The van der Waals surface area contributed by atoms with Crippen molar-refractivity contribution < 1.29 is 0 Å². The maximum absolute atomic E-state index is 5.98. The number of nitrogens with one attached hydrogen (secondary N) is 1. The van der Waals surface area contributed by atoms with E-state index >= 15 is 0 Å². The lowest BCUT2D eigenvalue weighted by Crippen LogP contribution is -2.31. The van der Waals surface area contributed by atoms with Crippen LogP contribution in [0.2, 0.25) is 5.02 Å². The summed E-state index contributed by atoms with van der Waals surface area (Å²) in [7, 11) is 0. The molecular formula is C15H20ClNS. The van der Waals surface area contributed by atoms with E-state index in [4.69, 9.17) is 11.6 Å². The summed E-state index contributed by atoms with van der Waals surface area (Å²) in [6, 6.07) is 8.45. The maximum Gasteiger partial charge on any atom is 0.0417 e. The van der Waals surface area contributed by atoms with E-state index < -0.39 is 0 Å². The molecule has 0 radical (unpaired) electrons. The van der Waals surface area contributed by atoms with Crippen molar-refractivity contribution in [2.75, 3.05) is 12.3 Å². The van der Waals surface area contributed by atoms with Gasteiger partial charge in [0.2, 0.25) is 0 Å². The van der Waals surface area contributed by atoms with Crippen molar-refractivity contribution in [2.45, 2.75) is 37.6 Å². The van der Waals surface area contributed by atoms with Crippen molar-refractivity contribution in [2.24, 2.45) is 0 Å². The normalized spacial score (nSPS) is 11.7. The number of rotatable bonds is 7. The lowest BCUT2D eigenvalue weighted by Gasteiger charge is -2.15. The molecule has 1 nitrogen and oxygen atoms in total. The summed E-state index contributed by atoms with van der Waals surface area (Å²) in [5, 5.41) is 4.33. The highest BCUT2D eigenvalue weighted by molar-refractivity contribution is 7.99. The van der Waals surface area contributed by atoms with Gasteiger partial charge in [0, 0.05) is 28.1 Å². The number of hydrogen-bond donors (Lipinski definition) is 1. The minimum absolute atomic E-state index is 0.446. The van der Waals surface area contributed by atoms with Crippen molar-refractivity contribution in [3.05, 3.63) is 29.3 Å². The summed E-state index contributed by atoms with van der Waals surface area (Å²) in [4.78, 5) is 1.22. The summed E-state index contributed by atoms with van der Waals surface area (Å²) < 4.78 is 0. The van der Waals surface area contributed by atoms with Gasteiger partial charge in [0.05, 0.1) is 0 Å². The van der Waals surface area contributed by atoms with Crippen LogP contribution in [0.1, 0.15) is 26.7 Å². The molecule has 0 heterocycles. The van der Waals surface area contributed by atoms with Gasteiger partial charge in [0.1, 0.15) is 0 Å². The number of benzene rings is 1. The third-order valence-corrected chi connectivity index (χ3v) is 3.85. The highest BCUT2D eigenvalue weighted by atomic mass is 35.5. The highest BCUT2D eigenvalue weighted by Gasteiger charge is 2.07. The molecule has 18 heavy (non-hydrogen) atoms. The third-order valence-electron chi connectivity index (χ3n) is 2.46. The molecule has 98 valence electrons. The Morgan fingerprint density at radius 1 is 1.44 bits per heavy atom. The van der Waals surface area contributed by atoms with Gasteiger partial charge in [-0.15, -0.1) is 23.6 Å². The molecule has 0 bridgehead atoms. The second-order valence-electron chi connectivity index (χ2n) is 4.05. The molecule has 1 atom stereocenters. The van der Waals surface area contributed by atoms with Gasteiger partial charge in [0.25, 0.3) is 0 Å². The van der Waals surface area contributed by atoms with Gasteiger partial charge >= 0.3 is 0 Å². The molecule has 0 aliphatic carbocycles. The van der Waals surface area contributed by atoms with E-state index in [1.54, 1.807) is 0 Å². The first-order valence-electron chi connectivity index (χ1n) is 6.27. The fourth-order valence-electron chi connectivity index (χ4n) is 1.52. The van der Waals surface area contributed by atoms with Crippen LogP contribution in [-0.2, 0) is 0 Å². The fraction of sp³-hybridized carbons (Fsp3) is 0.467. The van der Waals surface area contributed by atoms with Crippen LogP contribution in [-0.4, -0.2) is 18.3 Å². The fourth-order valence-corrected chi connectivity index (χ4v) is 2.79. The van der Waals surface area contributed by atoms with Gasteiger partial charge in [0.15, 0.2) is 0 Å². The molecule has 1 N–H and O–H groups in total. The number of hydrogen-bond acceptors (Lipinski definition) is 2. The van der Waals surface area contributed by atoms with Gasteiger partial charge in [-0.25, -0.2) is 0 Å². The van der Waals surface area contributed by atoms with Crippen molar-refractivity contribution in [1.82, 2.24) is 5.32 Å². The summed E-state index contributed by atoms with van der Waals surface area (Å²) >= 11 is 7.80. The molecular weight excluding hydrogens is 262 g/mol. The SMILES string of the molecule is CC#CCC(CSc1cccc(Cl)c1)NCCC. The molecule has 0 aliphatic heterocycles. The van der Waals surface area contributed by atoms with E-state index in [1.807, 2.05) is 36.9 Å². The maximum atomic E-state index is 5.98. The summed E-state index contributed by atoms with van der Waals surface area (Å²) in [6.45, 7) is 5.12. The van der Waals surface area contributed by atoms with Crippen molar-refractivity contribution >= 4 is 23.4 Å². The molecule has 0 aliphatic rings. The first-order valence-corrected chi connectivity index (χ1v) is 7.64. The van der Waals surface area contributed by atoms with Crippen LogP contribution in [0, 0.1) is 11.8 Å². The van der Waals surface area contributed by atoms with Crippen LogP contribution in [0.4, 0.5) is 0 Å². The first-order chi connectivity index (χ1) is 8.76. The molecule has 0 saturated heterocycles. The largest absolute Gasteiger partial charge is 0.312 e. The lowest BCUT2D eigenvalue weighted by molar-refractivity contribution is 0.563. The Labute approximate surface area is 120 Å². The van der Waals surface area contributed by atoms with E-state index in [0.717, 1.165) is 30.2 Å². The average molecular weight is 282 g/mol. The number of halogens is 1. The Kier molecular flexibility index (Phi) is 8.00. The van der Waals surface area contributed by atoms with Gasteiger partial charge in [-0.1, -0.05) is 24.6 Å². The second kappa shape index (κ2) is 9.33. The van der Waals surface area contributed by atoms with Crippen LogP contribution >= 0.6 is 23.4 Å². The monoisotopic (exact) mass is 281 g/mol. The Morgan fingerprint density at radius 3 is 2.94 bits per heavy atom. The van der Waals surface area contributed by atoms with E-state index in [9.17, 15) is 0 Å². The second-order valence-corrected chi connectivity index (χ2v) is 5.58. The first kappa shape index (κ1) is 15.4. The van der Waals surface area contributed by atoms with E-state index in [-0.39, 0.29) is 0 Å². The average Bonchev–Trinajstić information content (AvgIpc) is 2.38. The van der Waals surface area contributed by atoms with Crippen LogP contribution in [0.15, 0.2) is 29.2 Å². The molecule has 0 aromatic heterocycles. The zero-order chi connectivity index (χ0) is 13.2. The molecule has 1 rings (SSSR count). The highest BCUT2D eigenvalue weighted by Crippen LogP contribution is 2.22. The van der Waals surface area contributed by atoms with Crippen molar-refractivity contribution in [1.29, 1.82) is 0 Å². The smallest absolute Gasteiger partial charge is 0.0417 e. The van der Waals surface area contributed by atoms with Crippen LogP contribution in [0.5, 0.6) is 0 Å². The molecule has 1 unspecified atom stereocenters. The predicted molar refractivity (Wildman–Crippen MR) is 82.3 cm³/mol. The van der Waals surface area contributed by atoms with Crippen LogP contribution < -0.4 is 5.32 Å². The molecule has 1 aromatic carbocycles. The molecule has 0 amide bonds. The summed E-state index contributed by atoms with van der Waals surface area (Å²) in [5.74, 6) is 7.14. The van der Waals surface area contributed by atoms with Crippen molar-refractivity contribution in [3.8, 4) is 11.8 Å². The minimum Gasteiger partial charge on any atom is -0.312 e. The zero-order valence-electron chi connectivity index (χ0n) is 11.0. The quantitative estimate of drug-likeness (QED) is 0.593. The molecule has 0 saturated carbocycles. The molecule has 3 heteroatoms. The van der Waals surface area contributed by atoms with Crippen molar-refractivity contribution in [3.63, 3.8) is 0 Å². The molecule has 1 aromatic rings. The van der Waals surface area contributed by atoms with E-state index in [1.165, 1.54) is 4.90 Å². The Morgan fingerprint density at radius 2 is 2.28 bits per heavy atom. The van der Waals surface area contributed by atoms with E-state index in [0.29, 0.717) is 6.04 Å². The molecule has 0 spiro atoms.